The highest BCUT2D eigenvalue weighted by Crippen LogP contribution is 2.43. The van der Waals surface area contributed by atoms with E-state index in [1.54, 1.807) is 42.1 Å². The predicted octanol–water partition coefficient (Wildman–Crippen LogP) is 3.30. The molecule has 2 aromatic rings. The highest BCUT2D eigenvalue weighted by atomic mass is 32.2. The van der Waals surface area contributed by atoms with Gasteiger partial charge >= 0.3 is 0 Å². The Hall–Kier alpha value is -2.72. The maximum atomic E-state index is 13.3. The number of amides is 2. The van der Waals surface area contributed by atoms with Crippen LogP contribution in [0.4, 0.5) is 5.69 Å². The van der Waals surface area contributed by atoms with E-state index in [1.165, 1.54) is 19.1 Å². The number of anilines is 1. The molecule has 0 spiro atoms. The molecule has 1 heterocycles. The van der Waals surface area contributed by atoms with Gasteiger partial charge < -0.3 is 14.4 Å². The summed E-state index contributed by atoms with van der Waals surface area (Å²) in [5.74, 6) is -0.184. The molecule has 1 aliphatic heterocycles. The van der Waals surface area contributed by atoms with Crippen molar-refractivity contribution in [1.29, 1.82) is 0 Å². The van der Waals surface area contributed by atoms with Crippen LogP contribution in [0.2, 0.25) is 0 Å². The molecular weight excluding hydrogens is 464 g/mol. The van der Waals surface area contributed by atoms with Crippen molar-refractivity contribution in [3.05, 3.63) is 48.0 Å². The monoisotopic (exact) mass is 492 g/mol. The first kappa shape index (κ1) is 24.9. The van der Waals surface area contributed by atoms with Gasteiger partial charge in [-0.25, -0.2) is 12.7 Å². The van der Waals surface area contributed by atoms with Crippen LogP contribution >= 0.6 is 11.8 Å². The number of fused-ring (bicyclic) bond motifs is 1. The van der Waals surface area contributed by atoms with Gasteiger partial charge in [0.15, 0.2) is 11.5 Å². The molecular formula is C23H28N2O6S2. The van der Waals surface area contributed by atoms with Crippen molar-refractivity contribution in [2.24, 2.45) is 0 Å². The van der Waals surface area contributed by atoms with Gasteiger partial charge in [-0.3, -0.25) is 9.59 Å². The van der Waals surface area contributed by atoms with Crippen LogP contribution in [0.25, 0.3) is 0 Å². The molecule has 8 nitrogen and oxygen atoms in total. The molecule has 0 atom stereocenters. The Balaban J connectivity index is 1.96. The number of hydrogen-bond acceptors (Lipinski definition) is 7. The van der Waals surface area contributed by atoms with Crippen molar-refractivity contribution < 1.29 is 27.5 Å². The summed E-state index contributed by atoms with van der Waals surface area (Å²) in [6, 6.07) is 12.4. The van der Waals surface area contributed by atoms with Gasteiger partial charge in [-0.1, -0.05) is 24.3 Å². The molecule has 0 unspecified atom stereocenters. The summed E-state index contributed by atoms with van der Waals surface area (Å²) < 4.78 is 36.3. The Morgan fingerprint density at radius 2 is 1.82 bits per heavy atom. The van der Waals surface area contributed by atoms with Gasteiger partial charge in [-0.2, -0.15) is 0 Å². The van der Waals surface area contributed by atoms with Crippen molar-refractivity contribution in [2.75, 3.05) is 31.9 Å². The van der Waals surface area contributed by atoms with Gasteiger partial charge in [-0.15, -0.1) is 11.8 Å². The summed E-state index contributed by atoms with van der Waals surface area (Å²) >= 11 is 1.56. The van der Waals surface area contributed by atoms with Crippen LogP contribution in [0.15, 0.2) is 47.4 Å². The molecule has 0 saturated heterocycles. The summed E-state index contributed by atoms with van der Waals surface area (Å²) in [6.45, 7) is 3.29. The summed E-state index contributed by atoms with van der Waals surface area (Å²) in [7, 11) is -1.02. The number of rotatable bonds is 7. The normalized spacial score (nSPS) is 15.4. The minimum absolute atomic E-state index is 0.211. The lowest BCUT2D eigenvalue weighted by Gasteiger charge is -2.27. The lowest BCUT2D eigenvalue weighted by molar-refractivity contribution is -0.128. The van der Waals surface area contributed by atoms with Crippen LogP contribution in [0, 0.1) is 0 Å². The molecule has 3 rings (SSSR count). The number of sulfonamides is 1. The van der Waals surface area contributed by atoms with E-state index in [-0.39, 0.29) is 23.6 Å². The second kappa shape index (κ2) is 9.64. The molecule has 2 amide bonds. The molecule has 2 aromatic carbocycles. The van der Waals surface area contributed by atoms with Crippen LogP contribution in [-0.2, 0) is 26.2 Å². The van der Waals surface area contributed by atoms with Crippen molar-refractivity contribution in [3.8, 4) is 11.5 Å². The minimum Gasteiger partial charge on any atom is -0.493 e. The Labute approximate surface area is 198 Å². The van der Waals surface area contributed by atoms with Crippen molar-refractivity contribution in [1.82, 2.24) is 4.31 Å². The predicted molar refractivity (Wildman–Crippen MR) is 128 cm³/mol. The fourth-order valence-corrected chi connectivity index (χ4v) is 5.73. The highest BCUT2D eigenvalue weighted by molar-refractivity contribution is 8.00. The third kappa shape index (κ3) is 5.62. The molecule has 178 valence electrons. The maximum Gasteiger partial charge on any atom is 0.256 e. The van der Waals surface area contributed by atoms with Gasteiger partial charge in [0.25, 0.3) is 5.91 Å². The molecule has 0 aromatic heterocycles. The number of methoxy groups -OCH3 is 2. The van der Waals surface area contributed by atoms with Gasteiger partial charge in [-0.05, 0) is 32.0 Å². The number of carbonyl (C=O) groups excluding carboxylic acids is 2. The number of ether oxygens (including phenoxy) is 2. The lowest BCUT2D eigenvalue weighted by Crippen LogP contribution is -2.45. The Kier molecular flexibility index (Phi) is 7.28. The summed E-state index contributed by atoms with van der Waals surface area (Å²) in [4.78, 5) is 28.7. The molecule has 10 heteroatoms. The fraction of sp³-hybridized carbons (Fsp3) is 0.391. The second-order valence-corrected chi connectivity index (χ2v) is 12.0. The van der Waals surface area contributed by atoms with Crippen LogP contribution in [0.3, 0.4) is 0 Å². The number of benzene rings is 2. The minimum atomic E-state index is -3.94. The highest BCUT2D eigenvalue weighted by Gasteiger charge is 2.36. The number of nitrogens with zero attached hydrogens (tertiary/aromatic N) is 2. The maximum absolute atomic E-state index is 13.3. The number of carbonyl (C=O) groups is 2. The van der Waals surface area contributed by atoms with E-state index >= 15 is 0 Å². The zero-order chi connectivity index (χ0) is 24.4. The van der Waals surface area contributed by atoms with Crippen LogP contribution in [-0.4, -0.2) is 56.3 Å². The first-order chi connectivity index (χ1) is 15.5. The molecule has 0 saturated carbocycles. The Morgan fingerprint density at radius 1 is 1.12 bits per heavy atom. The molecule has 0 bridgehead atoms. The Morgan fingerprint density at radius 3 is 2.45 bits per heavy atom. The number of para-hydroxylation sites is 2. The largest absolute Gasteiger partial charge is 0.493 e. The van der Waals surface area contributed by atoms with Crippen LogP contribution in [0.1, 0.15) is 25.8 Å². The molecule has 33 heavy (non-hydrogen) atoms. The van der Waals surface area contributed by atoms with E-state index in [0.29, 0.717) is 22.7 Å². The topological polar surface area (TPSA) is 93.2 Å². The van der Waals surface area contributed by atoms with Gasteiger partial charge in [0.1, 0.15) is 6.54 Å². The lowest BCUT2D eigenvalue weighted by atomic mass is 10.1. The third-order valence-corrected chi connectivity index (χ3v) is 7.59. The SMILES string of the molecule is COc1cccc(CN(C(=O)CN2C(=O)CC(C)(C)Sc3ccccc32)S(C)(=O)=O)c1OC. The van der Waals surface area contributed by atoms with Crippen molar-refractivity contribution >= 4 is 39.3 Å². The van der Waals surface area contributed by atoms with E-state index in [9.17, 15) is 18.0 Å². The zero-order valence-electron chi connectivity index (χ0n) is 19.3. The standard InChI is InChI=1S/C23H28N2O6S2/c1-23(2)13-20(26)24(17-10-6-7-12-19(17)32-23)15-21(27)25(33(5,28)29)14-16-9-8-11-18(30-3)22(16)31-4/h6-12H,13-15H2,1-5H3. The van der Waals surface area contributed by atoms with E-state index < -0.39 is 22.5 Å². The average molecular weight is 493 g/mol. The third-order valence-electron chi connectivity index (χ3n) is 5.19. The molecule has 0 radical (unpaired) electrons. The van der Waals surface area contributed by atoms with Crippen molar-refractivity contribution in [3.63, 3.8) is 0 Å². The quantitative estimate of drug-likeness (QED) is 0.585. The van der Waals surface area contributed by atoms with Crippen LogP contribution in [0.5, 0.6) is 11.5 Å². The summed E-state index contributed by atoms with van der Waals surface area (Å²) in [6.07, 6.45) is 1.18. The van der Waals surface area contributed by atoms with E-state index in [4.69, 9.17) is 9.47 Å². The number of hydrogen-bond donors (Lipinski definition) is 0. The zero-order valence-corrected chi connectivity index (χ0v) is 21.0. The molecule has 0 fully saturated rings. The van der Waals surface area contributed by atoms with Crippen molar-refractivity contribution in [2.45, 2.75) is 36.5 Å². The van der Waals surface area contributed by atoms with Gasteiger partial charge in [0.05, 0.1) is 32.7 Å². The first-order valence-electron chi connectivity index (χ1n) is 10.3. The average Bonchev–Trinajstić information content (AvgIpc) is 2.83. The second-order valence-electron chi connectivity index (χ2n) is 8.30. The summed E-state index contributed by atoms with van der Waals surface area (Å²) in [5, 5.41) is 0. The number of thioether (sulfide) groups is 1. The molecule has 0 aliphatic carbocycles. The van der Waals surface area contributed by atoms with E-state index in [0.717, 1.165) is 15.5 Å². The first-order valence-corrected chi connectivity index (χ1v) is 12.9. The van der Waals surface area contributed by atoms with E-state index in [1.807, 2.05) is 26.0 Å². The Bertz CT molecular complexity index is 1160. The fourth-order valence-electron chi connectivity index (χ4n) is 3.70. The van der Waals surface area contributed by atoms with E-state index in [2.05, 4.69) is 0 Å². The summed E-state index contributed by atoms with van der Waals surface area (Å²) in [5.41, 5.74) is 1.06. The van der Waals surface area contributed by atoms with Gasteiger partial charge in [0, 0.05) is 21.6 Å². The van der Waals surface area contributed by atoms with Gasteiger partial charge in [0.2, 0.25) is 15.9 Å². The molecule has 1 aliphatic rings. The smallest absolute Gasteiger partial charge is 0.256 e. The van der Waals surface area contributed by atoms with Crippen LogP contribution < -0.4 is 14.4 Å². The molecule has 0 N–H and O–H groups in total.